The zero-order valence-corrected chi connectivity index (χ0v) is 12.9. The molecular formula is C15H20Cl2N2. The van der Waals surface area contributed by atoms with Gasteiger partial charge in [-0.15, -0.1) is 0 Å². The van der Waals surface area contributed by atoms with Crippen LogP contribution in [-0.4, -0.2) is 30.6 Å². The van der Waals surface area contributed by atoms with E-state index in [2.05, 4.69) is 30.1 Å². The molecule has 2 aliphatic rings. The summed E-state index contributed by atoms with van der Waals surface area (Å²) < 4.78 is 0. The number of hydrogen-bond donors (Lipinski definition) is 1. The zero-order valence-electron chi connectivity index (χ0n) is 11.4. The number of fused-ring (bicyclic) bond motifs is 1. The maximum atomic E-state index is 6.36. The first-order valence-electron chi connectivity index (χ1n) is 7.00. The molecule has 1 N–H and O–H groups in total. The summed E-state index contributed by atoms with van der Waals surface area (Å²) in [6.45, 7) is 8.04. The number of likely N-dealkylation sites (tertiary alicyclic amines) is 1. The van der Waals surface area contributed by atoms with Gasteiger partial charge in [-0.3, -0.25) is 4.90 Å². The fourth-order valence-electron chi connectivity index (χ4n) is 3.73. The van der Waals surface area contributed by atoms with E-state index in [0.29, 0.717) is 22.1 Å². The van der Waals surface area contributed by atoms with Gasteiger partial charge in [-0.1, -0.05) is 35.3 Å². The van der Waals surface area contributed by atoms with Crippen LogP contribution in [-0.2, 0) is 0 Å². The highest BCUT2D eigenvalue weighted by Crippen LogP contribution is 2.40. The number of hydrogen-bond acceptors (Lipinski definition) is 2. The first kappa shape index (κ1) is 13.7. The fourth-order valence-corrected chi connectivity index (χ4v) is 4.20. The lowest BCUT2D eigenvalue weighted by Gasteiger charge is -2.31. The Hall–Kier alpha value is -0.280. The lowest BCUT2D eigenvalue weighted by Crippen LogP contribution is -2.35. The Bertz CT molecular complexity index is 477. The molecule has 2 saturated heterocycles. The highest BCUT2D eigenvalue weighted by atomic mass is 35.5. The van der Waals surface area contributed by atoms with Crippen LogP contribution in [0.5, 0.6) is 0 Å². The van der Waals surface area contributed by atoms with E-state index in [4.69, 9.17) is 23.2 Å². The van der Waals surface area contributed by atoms with Crippen molar-refractivity contribution in [1.82, 2.24) is 10.2 Å². The molecule has 0 bridgehead atoms. The molecule has 3 rings (SSSR count). The van der Waals surface area contributed by atoms with Crippen molar-refractivity contribution >= 4 is 23.2 Å². The molecule has 19 heavy (non-hydrogen) atoms. The SMILES string of the molecule is CC(c1cccc(Cl)c1Cl)N1CC2CNCC2C1C. The van der Waals surface area contributed by atoms with Crippen LogP contribution in [0.3, 0.4) is 0 Å². The summed E-state index contributed by atoms with van der Waals surface area (Å²) in [5, 5.41) is 4.86. The first-order valence-corrected chi connectivity index (χ1v) is 7.75. The Morgan fingerprint density at radius 3 is 2.84 bits per heavy atom. The summed E-state index contributed by atoms with van der Waals surface area (Å²) in [4.78, 5) is 2.58. The zero-order chi connectivity index (χ0) is 13.6. The van der Waals surface area contributed by atoms with Crippen molar-refractivity contribution in [2.24, 2.45) is 11.8 Å². The van der Waals surface area contributed by atoms with E-state index in [1.54, 1.807) is 0 Å². The predicted octanol–water partition coefficient (Wildman–Crippen LogP) is 3.59. The van der Waals surface area contributed by atoms with Crippen LogP contribution < -0.4 is 5.32 Å². The third-order valence-electron chi connectivity index (χ3n) is 4.91. The molecule has 1 aromatic carbocycles. The number of nitrogens with zero attached hydrogens (tertiary/aromatic N) is 1. The Labute approximate surface area is 125 Å². The van der Waals surface area contributed by atoms with Gasteiger partial charge < -0.3 is 5.32 Å². The van der Waals surface area contributed by atoms with Crippen molar-refractivity contribution in [1.29, 1.82) is 0 Å². The van der Waals surface area contributed by atoms with Gasteiger partial charge in [0.05, 0.1) is 10.0 Å². The van der Waals surface area contributed by atoms with E-state index >= 15 is 0 Å². The topological polar surface area (TPSA) is 15.3 Å². The third kappa shape index (κ3) is 2.29. The van der Waals surface area contributed by atoms with Gasteiger partial charge in [-0.25, -0.2) is 0 Å². The van der Waals surface area contributed by atoms with Crippen molar-refractivity contribution in [3.05, 3.63) is 33.8 Å². The highest BCUT2D eigenvalue weighted by molar-refractivity contribution is 6.42. The molecule has 2 heterocycles. The highest BCUT2D eigenvalue weighted by Gasteiger charge is 2.43. The minimum Gasteiger partial charge on any atom is -0.316 e. The van der Waals surface area contributed by atoms with Crippen LogP contribution in [0.25, 0.3) is 0 Å². The Balaban J connectivity index is 1.84. The molecule has 4 heteroatoms. The van der Waals surface area contributed by atoms with E-state index in [-0.39, 0.29) is 0 Å². The molecule has 0 aromatic heterocycles. The number of nitrogens with one attached hydrogen (secondary N) is 1. The number of rotatable bonds is 2. The average molecular weight is 299 g/mol. The fraction of sp³-hybridized carbons (Fsp3) is 0.600. The standard InChI is InChI=1S/C15H20Cl2N2/c1-9(12-4-3-5-14(16)15(12)17)19-8-11-6-18-7-13(11)10(19)2/h3-5,9-11,13,18H,6-8H2,1-2H3. The van der Waals surface area contributed by atoms with Gasteiger partial charge in [0.1, 0.15) is 0 Å². The van der Waals surface area contributed by atoms with Gasteiger partial charge in [0.25, 0.3) is 0 Å². The van der Waals surface area contributed by atoms with Gasteiger partial charge in [-0.2, -0.15) is 0 Å². The minimum absolute atomic E-state index is 0.326. The van der Waals surface area contributed by atoms with Crippen molar-refractivity contribution in [2.75, 3.05) is 19.6 Å². The van der Waals surface area contributed by atoms with Crippen molar-refractivity contribution in [3.63, 3.8) is 0 Å². The second kappa shape index (κ2) is 5.25. The summed E-state index contributed by atoms with van der Waals surface area (Å²) in [5.74, 6) is 1.57. The normalized spacial score (nSPS) is 32.5. The lowest BCUT2D eigenvalue weighted by molar-refractivity contribution is 0.182. The maximum Gasteiger partial charge on any atom is 0.0640 e. The van der Waals surface area contributed by atoms with Gasteiger partial charge >= 0.3 is 0 Å². The molecule has 0 saturated carbocycles. The molecule has 0 spiro atoms. The Morgan fingerprint density at radius 2 is 2.11 bits per heavy atom. The van der Waals surface area contributed by atoms with Crippen LogP contribution in [0, 0.1) is 11.8 Å². The lowest BCUT2D eigenvalue weighted by atomic mass is 9.95. The maximum absolute atomic E-state index is 6.36. The molecule has 1 aromatic rings. The molecule has 0 aliphatic carbocycles. The molecule has 4 atom stereocenters. The van der Waals surface area contributed by atoms with Crippen LogP contribution in [0.1, 0.15) is 25.5 Å². The molecule has 2 fully saturated rings. The summed E-state index contributed by atoms with van der Waals surface area (Å²) in [7, 11) is 0. The number of halogens is 2. The van der Waals surface area contributed by atoms with Crippen LogP contribution in [0.2, 0.25) is 10.0 Å². The van der Waals surface area contributed by atoms with Crippen molar-refractivity contribution < 1.29 is 0 Å². The van der Waals surface area contributed by atoms with Gasteiger partial charge in [0.2, 0.25) is 0 Å². The van der Waals surface area contributed by atoms with Crippen molar-refractivity contribution in [2.45, 2.75) is 25.9 Å². The largest absolute Gasteiger partial charge is 0.316 e. The third-order valence-corrected chi connectivity index (χ3v) is 5.74. The molecular weight excluding hydrogens is 279 g/mol. The molecule has 2 aliphatic heterocycles. The molecule has 4 unspecified atom stereocenters. The van der Waals surface area contributed by atoms with Gasteiger partial charge in [-0.05, 0) is 50.4 Å². The van der Waals surface area contributed by atoms with Crippen LogP contribution in [0.15, 0.2) is 18.2 Å². The smallest absolute Gasteiger partial charge is 0.0640 e. The molecule has 2 nitrogen and oxygen atoms in total. The minimum atomic E-state index is 0.326. The second-order valence-electron chi connectivity index (χ2n) is 5.84. The molecule has 0 radical (unpaired) electrons. The van der Waals surface area contributed by atoms with E-state index < -0.39 is 0 Å². The second-order valence-corrected chi connectivity index (χ2v) is 6.62. The molecule has 0 amide bonds. The van der Waals surface area contributed by atoms with Crippen LogP contribution in [0.4, 0.5) is 0 Å². The van der Waals surface area contributed by atoms with E-state index in [1.165, 1.54) is 0 Å². The van der Waals surface area contributed by atoms with Gasteiger partial charge in [0, 0.05) is 18.6 Å². The van der Waals surface area contributed by atoms with E-state index in [1.807, 2.05) is 12.1 Å². The summed E-state index contributed by atoms with van der Waals surface area (Å²) >= 11 is 12.5. The number of benzene rings is 1. The Kier molecular flexibility index (Phi) is 3.78. The monoisotopic (exact) mass is 298 g/mol. The quantitative estimate of drug-likeness (QED) is 0.897. The average Bonchev–Trinajstić information content (AvgIpc) is 2.96. The predicted molar refractivity (Wildman–Crippen MR) is 80.9 cm³/mol. The van der Waals surface area contributed by atoms with E-state index in [9.17, 15) is 0 Å². The van der Waals surface area contributed by atoms with E-state index in [0.717, 1.165) is 37.0 Å². The summed E-state index contributed by atoms with van der Waals surface area (Å²) in [6, 6.07) is 6.87. The first-order chi connectivity index (χ1) is 9.09. The van der Waals surface area contributed by atoms with Crippen LogP contribution >= 0.6 is 23.2 Å². The summed E-state index contributed by atoms with van der Waals surface area (Å²) in [6.07, 6.45) is 0. The Morgan fingerprint density at radius 1 is 1.32 bits per heavy atom. The molecule has 104 valence electrons. The van der Waals surface area contributed by atoms with Crippen molar-refractivity contribution in [3.8, 4) is 0 Å². The summed E-state index contributed by atoms with van der Waals surface area (Å²) in [5.41, 5.74) is 1.15. The van der Waals surface area contributed by atoms with Gasteiger partial charge in [0.15, 0.2) is 0 Å².